The Bertz CT molecular complexity index is 506. The van der Waals surface area contributed by atoms with E-state index in [9.17, 15) is 0 Å². The molecule has 1 N–H and O–H groups in total. The van der Waals surface area contributed by atoms with Gasteiger partial charge in [0.25, 0.3) is 0 Å². The number of rotatable bonds is 4. The van der Waals surface area contributed by atoms with Crippen LogP contribution in [0.1, 0.15) is 24.8 Å². The quantitative estimate of drug-likeness (QED) is 0.891. The highest BCUT2D eigenvalue weighted by Crippen LogP contribution is 2.22. The molecular formula is C15H17N3. The van der Waals surface area contributed by atoms with Gasteiger partial charge in [0, 0.05) is 30.5 Å². The van der Waals surface area contributed by atoms with E-state index in [4.69, 9.17) is 0 Å². The average Bonchev–Trinajstić information content (AvgIpc) is 2.39. The second kappa shape index (κ2) is 5.27. The van der Waals surface area contributed by atoms with Gasteiger partial charge in [-0.25, -0.2) is 9.97 Å². The Balaban J connectivity index is 1.80. The first-order valence-corrected chi connectivity index (χ1v) is 6.52. The molecule has 2 aromatic rings. The number of hydrogen-bond donors (Lipinski definition) is 1. The van der Waals surface area contributed by atoms with Crippen LogP contribution >= 0.6 is 0 Å². The van der Waals surface area contributed by atoms with Crippen molar-refractivity contribution in [3.8, 4) is 11.4 Å². The van der Waals surface area contributed by atoms with E-state index in [0.29, 0.717) is 6.04 Å². The van der Waals surface area contributed by atoms with Crippen molar-refractivity contribution in [3.63, 3.8) is 0 Å². The van der Waals surface area contributed by atoms with Crippen LogP contribution in [0.5, 0.6) is 0 Å². The maximum absolute atomic E-state index is 4.33. The summed E-state index contributed by atoms with van der Waals surface area (Å²) in [5.74, 6) is 0.809. The Kier molecular flexibility index (Phi) is 3.33. The molecule has 3 heteroatoms. The zero-order chi connectivity index (χ0) is 12.2. The molecule has 0 bridgehead atoms. The highest BCUT2D eigenvalue weighted by molar-refractivity contribution is 5.59. The van der Waals surface area contributed by atoms with E-state index in [1.54, 1.807) is 12.4 Å². The van der Waals surface area contributed by atoms with Gasteiger partial charge in [-0.1, -0.05) is 30.7 Å². The summed E-state index contributed by atoms with van der Waals surface area (Å²) in [7, 11) is 0. The van der Waals surface area contributed by atoms with Gasteiger partial charge < -0.3 is 5.32 Å². The third-order valence-electron chi connectivity index (χ3n) is 3.51. The van der Waals surface area contributed by atoms with E-state index in [2.05, 4.69) is 33.5 Å². The molecule has 0 unspecified atom stereocenters. The van der Waals surface area contributed by atoms with Crippen molar-refractivity contribution in [2.45, 2.75) is 31.8 Å². The Morgan fingerprint density at radius 3 is 2.56 bits per heavy atom. The molecule has 0 amide bonds. The summed E-state index contributed by atoms with van der Waals surface area (Å²) in [6, 6.07) is 10.9. The minimum absolute atomic E-state index is 0.703. The summed E-state index contributed by atoms with van der Waals surface area (Å²) in [6.45, 7) is 0.902. The zero-order valence-corrected chi connectivity index (χ0v) is 10.3. The van der Waals surface area contributed by atoms with Gasteiger partial charge in [0.15, 0.2) is 5.82 Å². The molecule has 1 heterocycles. The third-order valence-corrected chi connectivity index (χ3v) is 3.51. The predicted molar refractivity (Wildman–Crippen MR) is 71.9 cm³/mol. The van der Waals surface area contributed by atoms with Gasteiger partial charge in [-0.05, 0) is 24.5 Å². The van der Waals surface area contributed by atoms with Crippen LogP contribution < -0.4 is 5.32 Å². The highest BCUT2D eigenvalue weighted by Gasteiger charge is 2.17. The first kappa shape index (κ1) is 11.4. The van der Waals surface area contributed by atoms with Crippen LogP contribution in [-0.4, -0.2) is 16.0 Å². The normalized spacial score (nSPS) is 15.3. The second-order valence-corrected chi connectivity index (χ2v) is 4.74. The lowest BCUT2D eigenvalue weighted by atomic mass is 9.93. The molecule has 3 rings (SSSR count). The fourth-order valence-electron chi connectivity index (χ4n) is 2.20. The number of nitrogens with zero attached hydrogens (tertiary/aromatic N) is 2. The summed E-state index contributed by atoms with van der Waals surface area (Å²) in [6.07, 6.45) is 7.56. The molecule has 1 aromatic heterocycles. The molecular weight excluding hydrogens is 222 g/mol. The number of aromatic nitrogens is 2. The molecule has 0 spiro atoms. The van der Waals surface area contributed by atoms with Gasteiger partial charge >= 0.3 is 0 Å². The number of nitrogens with one attached hydrogen (secondary N) is 1. The molecule has 92 valence electrons. The first-order valence-electron chi connectivity index (χ1n) is 6.52. The van der Waals surface area contributed by atoms with Gasteiger partial charge in [-0.3, -0.25) is 0 Å². The summed E-state index contributed by atoms with van der Waals surface area (Å²) < 4.78 is 0. The molecule has 18 heavy (non-hydrogen) atoms. The zero-order valence-electron chi connectivity index (χ0n) is 10.3. The minimum Gasteiger partial charge on any atom is -0.310 e. The van der Waals surface area contributed by atoms with Crippen molar-refractivity contribution < 1.29 is 0 Å². The van der Waals surface area contributed by atoms with E-state index in [0.717, 1.165) is 17.9 Å². The predicted octanol–water partition coefficient (Wildman–Crippen LogP) is 2.79. The SMILES string of the molecule is c1cnc(-c2ccccc2CNC2CCC2)nc1. The van der Waals surface area contributed by atoms with Crippen LogP contribution in [0.15, 0.2) is 42.7 Å². The van der Waals surface area contributed by atoms with Gasteiger partial charge in [0.05, 0.1) is 0 Å². The fourth-order valence-corrected chi connectivity index (χ4v) is 2.20. The minimum atomic E-state index is 0.703. The monoisotopic (exact) mass is 239 g/mol. The Hall–Kier alpha value is -1.74. The highest BCUT2D eigenvalue weighted by atomic mass is 14.9. The molecule has 0 aliphatic heterocycles. The van der Waals surface area contributed by atoms with Gasteiger partial charge in [0.1, 0.15) is 0 Å². The van der Waals surface area contributed by atoms with Crippen molar-refractivity contribution in [1.29, 1.82) is 0 Å². The molecule has 0 radical (unpaired) electrons. The van der Waals surface area contributed by atoms with E-state index in [1.165, 1.54) is 24.8 Å². The number of benzene rings is 1. The van der Waals surface area contributed by atoms with Gasteiger partial charge in [-0.15, -0.1) is 0 Å². The Morgan fingerprint density at radius 2 is 1.83 bits per heavy atom. The Labute approximate surface area is 107 Å². The third kappa shape index (κ3) is 2.41. The maximum Gasteiger partial charge on any atom is 0.159 e. The van der Waals surface area contributed by atoms with Gasteiger partial charge in [-0.2, -0.15) is 0 Å². The summed E-state index contributed by atoms with van der Waals surface area (Å²) in [5, 5.41) is 3.59. The van der Waals surface area contributed by atoms with Crippen molar-refractivity contribution in [2.24, 2.45) is 0 Å². The molecule has 1 aliphatic carbocycles. The van der Waals surface area contributed by atoms with Crippen molar-refractivity contribution >= 4 is 0 Å². The summed E-state index contributed by atoms with van der Waals surface area (Å²) in [5.41, 5.74) is 2.40. The van der Waals surface area contributed by atoms with E-state index < -0.39 is 0 Å². The molecule has 3 nitrogen and oxygen atoms in total. The van der Waals surface area contributed by atoms with E-state index >= 15 is 0 Å². The standard InChI is InChI=1S/C15H17N3/c1-2-8-14(15-16-9-4-10-17-15)12(5-1)11-18-13-6-3-7-13/h1-2,4-5,8-10,13,18H,3,6-7,11H2. The van der Waals surface area contributed by atoms with E-state index in [-0.39, 0.29) is 0 Å². The molecule has 1 aliphatic rings. The molecule has 1 aromatic carbocycles. The van der Waals surface area contributed by atoms with Crippen LogP contribution in [0.3, 0.4) is 0 Å². The average molecular weight is 239 g/mol. The van der Waals surface area contributed by atoms with Crippen molar-refractivity contribution in [3.05, 3.63) is 48.3 Å². The topological polar surface area (TPSA) is 37.8 Å². The lowest BCUT2D eigenvalue weighted by Crippen LogP contribution is -2.34. The molecule has 1 saturated carbocycles. The van der Waals surface area contributed by atoms with Crippen LogP contribution in [0.25, 0.3) is 11.4 Å². The number of hydrogen-bond acceptors (Lipinski definition) is 3. The van der Waals surface area contributed by atoms with Crippen molar-refractivity contribution in [1.82, 2.24) is 15.3 Å². The smallest absolute Gasteiger partial charge is 0.159 e. The largest absolute Gasteiger partial charge is 0.310 e. The Morgan fingerprint density at radius 1 is 1.06 bits per heavy atom. The summed E-state index contributed by atoms with van der Waals surface area (Å²) in [4.78, 5) is 8.66. The van der Waals surface area contributed by atoms with Crippen LogP contribution in [0, 0.1) is 0 Å². The first-order chi connectivity index (χ1) is 8.93. The van der Waals surface area contributed by atoms with Crippen molar-refractivity contribution in [2.75, 3.05) is 0 Å². The molecule has 0 saturated heterocycles. The van der Waals surface area contributed by atoms with E-state index in [1.807, 2.05) is 12.1 Å². The van der Waals surface area contributed by atoms with Crippen LogP contribution in [-0.2, 0) is 6.54 Å². The second-order valence-electron chi connectivity index (χ2n) is 4.74. The van der Waals surface area contributed by atoms with Crippen LogP contribution in [0.2, 0.25) is 0 Å². The lowest BCUT2D eigenvalue weighted by Gasteiger charge is -2.26. The summed E-state index contributed by atoms with van der Waals surface area (Å²) >= 11 is 0. The van der Waals surface area contributed by atoms with Gasteiger partial charge in [0.2, 0.25) is 0 Å². The molecule has 1 fully saturated rings. The fraction of sp³-hybridized carbons (Fsp3) is 0.333. The maximum atomic E-state index is 4.33. The van der Waals surface area contributed by atoms with Crippen LogP contribution in [0.4, 0.5) is 0 Å². The molecule has 0 atom stereocenters. The lowest BCUT2D eigenvalue weighted by molar-refractivity contribution is 0.338.